The second-order valence-electron chi connectivity index (χ2n) is 12.3. The largest absolute Gasteiger partial charge is 0.414 e. The van der Waals surface area contributed by atoms with Gasteiger partial charge in [-0.3, -0.25) is 9.78 Å². The number of nitrogens with one attached hydrogen (secondary N) is 1. The number of carbonyl (C=O) groups excluding carboxylic acids is 1. The third kappa shape index (κ3) is 6.28. The van der Waals surface area contributed by atoms with Gasteiger partial charge in [-0.2, -0.15) is 13.2 Å². The van der Waals surface area contributed by atoms with Gasteiger partial charge < -0.3 is 14.6 Å². The number of halogens is 5. The smallest absolute Gasteiger partial charge is 0.414 e. The molecule has 1 saturated carbocycles. The minimum atomic E-state index is -4.70. The van der Waals surface area contributed by atoms with Crippen LogP contribution >= 0.6 is 11.6 Å². The first-order chi connectivity index (χ1) is 18.0. The number of aromatic nitrogens is 1. The fraction of sp³-hybridized carbons (Fsp3) is 0.571. The maximum absolute atomic E-state index is 14.3. The summed E-state index contributed by atoms with van der Waals surface area (Å²) in [4.78, 5) is 17.9. The van der Waals surface area contributed by atoms with Gasteiger partial charge in [0.15, 0.2) is 14.4 Å². The van der Waals surface area contributed by atoms with Gasteiger partial charge in [0.2, 0.25) is 5.91 Å². The Kier molecular flexibility index (Phi) is 8.15. The number of pyridine rings is 1. The van der Waals surface area contributed by atoms with Crippen LogP contribution in [0.2, 0.25) is 23.2 Å². The van der Waals surface area contributed by atoms with Crippen LogP contribution < -0.4 is 5.32 Å². The predicted molar refractivity (Wildman–Crippen MR) is 147 cm³/mol. The Labute approximate surface area is 233 Å². The Morgan fingerprint density at radius 2 is 1.82 bits per heavy atom. The molecule has 4 rings (SSSR count). The summed E-state index contributed by atoms with van der Waals surface area (Å²) in [6.45, 7) is 10.6. The van der Waals surface area contributed by atoms with Crippen LogP contribution in [0.15, 0.2) is 30.5 Å². The van der Waals surface area contributed by atoms with Gasteiger partial charge in [0.05, 0.1) is 22.6 Å². The van der Waals surface area contributed by atoms with Gasteiger partial charge in [-0.15, -0.1) is 0 Å². The molecule has 1 amide bonds. The van der Waals surface area contributed by atoms with Gasteiger partial charge in [0, 0.05) is 25.1 Å². The molecule has 2 atom stereocenters. The molecule has 0 saturated heterocycles. The molecule has 1 aromatic heterocycles. The number of nitrogens with zero attached hydrogens (tertiary/aromatic N) is 2. The lowest BCUT2D eigenvalue weighted by molar-refractivity contribution is -0.193. The first-order valence-corrected chi connectivity index (χ1v) is 16.5. The summed E-state index contributed by atoms with van der Waals surface area (Å²) in [5.41, 5.74) is 1.66. The summed E-state index contributed by atoms with van der Waals surface area (Å²) in [6.07, 6.45) is -1.66. The molecule has 1 heterocycles. The van der Waals surface area contributed by atoms with Crippen LogP contribution in [-0.4, -0.2) is 49.5 Å². The molecule has 1 N–H and O–H groups in total. The lowest BCUT2D eigenvalue weighted by Crippen LogP contribution is -2.51. The van der Waals surface area contributed by atoms with E-state index in [9.17, 15) is 22.4 Å². The third-order valence-electron chi connectivity index (χ3n) is 8.40. The van der Waals surface area contributed by atoms with Crippen LogP contribution in [0, 0.1) is 11.7 Å². The second-order valence-corrected chi connectivity index (χ2v) is 17.4. The van der Waals surface area contributed by atoms with E-state index in [1.165, 1.54) is 31.4 Å². The Morgan fingerprint density at radius 1 is 1.15 bits per heavy atom. The van der Waals surface area contributed by atoms with E-state index in [1.807, 2.05) is 0 Å². The molecule has 11 heteroatoms. The lowest BCUT2D eigenvalue weighted by atomic mass is 9.81. The molecule has 0 aliphatic heterocycles. The standard InChI is InChI=1S/C28H36ClF4N3O2Si/c1-27(2,3)39(5,6)38-20-12-17(13-20)26(37)36(4)25(28(31,32)33)23-10-8-18(15-34-23)35-19-11-16-7-9-22(29)24(30)21(16)14-19/h7-10,15,17,19-20,25,35H,11-14H2,1-6H3/t17?,19?,20?,25-/m0/s1. The van der Waals surface area contributed by atoms with Crippen LogP contribution in [0.1, 0.15) is 56.5 Å². The van der Waals surface area contributed by atoms with E-state index >= 15 is 0 Å². The summed E-state index contributed by atoms with van der Waals surface area (Å²) in [6, 6.07) is 3.81. The minimum absolute atomic E-state index is 0.0125. The molecule has 1 fully saturated rings. The normalized spacial score (nSPS) is 22.2. The highest BCUT2D eigenvalue weighted by Gasteiger charge is 2.50. The molecule has 0 bridgehead atoms. The van der Waals surface area contributed by atoms with Gasteiger partial charge in [0.25, 0.3) is 0 Å². The van der Waals surface area contributed by atoms with Crippen molar-refractivity contribution in [1.82, 2.24) is 9.88 Å². The molecule has 0 radical (unpaired) electrons. The zero-order valence-electron chi connectivity index (χ0n) is 23.1. The molecule has 39 heavy (non-hydrogen) atoms. The summed E-state index contributed by atoms with van der Waals surface area (Å²) in [5, 5.41) is 3.30. The quantitative estimate of drug-likeness (QED) is 0.273. The fourth-order valence-electron chi connectivity index (χ4n) is 5.08. The van der Waals surface area contributed by atoms with E-state index in [0.717, 1.165) is 10.5 Å². The van der Waals surface area contributed by atoms with E-state index in [4.69, 9.17) is 16.0 Å². The Balaban J connectivity index is 1.39. The Hall–Kier alpha value is -2.17. The highest BCUT2D eigenvalue weighted by atomic mass is 35.5. The molecule has 5 nitrogen and oxygen atoms in total. The molecule has 2 aliphatic carbocycles. The fourth-order valence-corrected chi connectivity index (χ4v) is 6.63. The van der Waals surface area contributed by atoms with Crippen molar-refractivity contribution in [3.63, 3.8) is 0 Å². The lowest BCUT2D eigenvalue weighted by Gasteiger charge is -2.45. The van der Waals surface area contributed by atoms with Crippen LogP contribution in [-0.2, 0) is 22.1 Å². The topological polar surface area (TPSA) is 54.5 Å². The van der Waals surface area contributed by atoms with E-state index in [2.05, 4.69) is 44.2 Å². The number of hydrogen-bond donors (Lipinski definition) is 1. The number of alkyl halides is 3. The van der Waals surface area contributed by atoms with Crippen LogP contribution in [0.3, 0.4) is 0 Å². The average Bonchev–Trinajstić information content (AvgIpc) is 3.21. The number of anilines is 1. The van der Waals surface area contributed by atoms with E-state index in [1.54, 1.807) is 6.07 Å². The highest BCUT2D eigenvalue weighted by Crippen LogP contribution is 2.44. The summed E-state index contributed by atoms with van der Waals surface area (Å²) in [7, 11) is -0.836. The maximum atomic E-state index is 14.3. The number of benzene rings is 1. The molecular formula is C28H36ClF4N3O2Si. The second kappa shape index (κ2) is 10.7. The third-order valence-corrected chi connectivity index (χ3v) is 13.2. The van der Waals surface area contributed by atoms with E-state index < -0.39 is 38.2 Å². The van der Waals surface area contributed by atoms with Crippen LogP contribution in [0.25, 0.3) is 0 Å². The maximum Gasteiger partial charge on any atom is 0.414 e. The predicted octanol–water partition coefficient (Wildman–Crippen LogP) is 7.32. The molecule has 1 unspecified atom stereocenters. The molecule has 214 valence electrons. The van der Waals surface area contributed by atoms with Crippen molar-refractivity contribution < 1.29 is 26.8 Å². The molecular weight excluding hydrogens is 550 g/mol. The number of carbonyl (C=O) groups is 1. The summed E-state index contributed by atoms with van der Waals surface area (Å²) >= 11 is 5.88. The van der Waals surface area contributed by atoms with E-state index in [0.29, 0.717) is 36.9 Å². The van der Waals surface area contributed by atoms with Crippen molar-refractivity contribution in [2.45, 2.75) is 89.0 Å². The Morgan fingerprint density at radius 3 is 2.38 bits per heavy atom. The van der Waals surface area contributed by atoms with Gasteiger partial charge in [-0.05, 0) is 73.1 Å². The van der Waals surface area contributed by atoms with Crippen molar-refractivity contribution in [3.05, 3.63) is 58.1 Å². The zero-order valence-corrected chi connectivity index (χ0v) is 24.9. The zero-order chi connectivity index (χ0) is 28.9. The van der Waals surface area contributed by atoms with Gasteiger partial charge in [-0.25, -0.2) is 4.39 Å². The van der Waals surface area contributed by atoms with Crippen molar-refractivity contribution in [1.29, 1.82) is 0 Å². The summed E-state index contributed by atoms with van der Waals surface area (Å²) in [5.74, 6) is -1.49. The van der Waals surface area contributed by atoms with Crippen molar-refractivity contribution >= 4 is 31.5 Å². The van der Waals surface area contributed by atoms with Crippen LogP contribution in [0.5, 0.6) is 0 Å². The van der Waals surface area contributed by atoms with Gasteiger partial charge in [-0.1, -0.05) is 38.4 Å². The van der Waals surface area contributed by atoms with Gasteiger partial charge >= 0.3 is 6.18 Å². The number of amides is 1. The van der Waals surface area contributed by atoms with Crippen molar-refractivity contribution in [2.24, 2.45) is 5.92 Å². The van der Waals surface area contributed by atoms with E-state index in [-0.39, 0.29) is 27.9 Å². The summed E-state index contributed by atoms with van der Waals surface area (Å²) < 4.78 is 63.1. The van der Waals surface area contributed by atoms with Crippen molar-refractivity contribution in [2.75, 3.05) is 12.4 Å². The monoisotopic (exact) mass is 585 g/mol. The molecule has 2 aliphatic rings. The van der Waals surface area contributed by atoms with Crippen LogP contribution in [0.4, 0.5) is 23.2 Å². The Bertz CT molecular complexity index is 1210. The number of hydrogen-bond acceptors (Lipinski definition) is 4. The molecule has 2 aromatic rings. The molecule has 1 aromatic carbocycles. The van der Waals surface area contributed by atoms with Crippen molar-refractivity contribution in [3.8, 4) is 0 Å². The first kappa shape index (κ1) is 29.8. The number of rotatable bonds is 7. The molecule has 0 spiro atoms. The average molecular weight is 586 g/mol. The number of fused-ring (bicyclic) bond motifs is 1. The SMILES string of the molecule is CN(C(=O)C1CC(O[Si](C)(C)C(C)(C)C)C1)[C@@H](c1ccc(NC2Cc3ccc(Cl)c(F)c3C2)cn1)C(F)(F)F. The first-order valence-electron chi connectivity index (χ1n) is 13.2. The minimum Gasteiger partial charge on any atom is -0.414 e. The van der Waals surface area contributed by atoms with Gasteiger partial charge in [0.1, 0.15) is 5.82 Å². The highest BCUT2D eigenvalue weighted by molar-refractivity contribution is 6.74.